The number of hydrogen-bond acceptors (Lipinski definition) is 3. The molecule has 1 saturated heterocycles. The van der Waals surface area contributed by atoms with Crippen molar-refractivity contribution in [2.75, 3.05) is 26.3 Å². The predicted molar refractivity (Wildman–Crippen MR) is 74.9 cm³/mol. The van der Waals surface area contributed by atoms with Gasteiger partial charge >= 0.3 is 0 Å². The third-order valence-electron chi connectivity index (χ3n) is 3.33. The monoisotopic (exact) mass is 311 g/mol. The molecule has 4 heteroatoms. The molecule has 0 spiro atoms. The Hall–Kier alpha value is -0.710. The SMILES string of the molecule is CC1(C)COCCN1CC(=O)c1ccccc1Br. The van der Waals surface area contributed by atoms with E-state index in [9.17, 15) is 4.79 Å². The molecule has 0 bridgehead atoms. The van der Waals surface area contributed by atoms with Crippen molar-refractivity contribution in [2.45, 2.75) is 19.4 Å². The molecule has 1 aliphatic rings. The molecule has 0 radical (unpaired) electrons. The minimum absolute atomic E-state index is 0.0742. The van der Waals surface area contributed by atoms with Crippen molar-refractivity contribution >= 4 is 21.7 Å². The summed E-state index contributed by atoms with van der Waals surface area (Å²) in [5.41, 5.74) is 0.676. The number of rotatable bonds is 3. The average Bonchev–Trinajstić information content (AvgIpc) is 2.32. The van der Waals surface area contributed by atoms with E-state index in [1.807, 2.05) is 24.3 Å². The number of carbonyl (C=O) groups is 1. The Balaban J connectivity index is 2.10. The number of morpholine rings is 1. The van der Waals surface area contributed by atoms with Crippen LogP contribution in [0.2, 0.25) is 0 Å². The number of ketones is 1. The maximum absolute atomic E-state index is 12.3. The number of carbonyl (C=O) groups excluding carboxylic acids is 1. The lowest BCUT2D eigenvalue weighted by Crippen LogP contribution is -2.54. The summed E-state index contributed by atoms with van der Waals surface area (Å²) in [6.45, 7) is 6.85. The van der Waals surface area contributed by atoms with Crippen LogP contribution in [0, 0.1) is 0 Å². The lowest BCUT2D eigenvalue weighted by molar-refractivity contribution is -0.0467. The molecule has 98 valence electrons. The Morgan fingerprint density at radius 2 is 2.17 bits per heavy atom. The molecule has 0 saturated carbocycles. The molecule has 0 aliphatic carbocycles. The van der Waals surface area contributed by atoms with E-state index in [1.54, 1.807) is 0 Å². The largest absolute Gasteiger partial charge is 0.378 e. The normalized spacial score (nSPS) is 19.7. The first-order chi connectivity index (χ1) is 8.50. The van der Waals surface area contributed by atoms with Crippen LogP contribution in [0.1, 0.15) is 24.2 Å². The highest BCUT2D eigenvalue weighted by Crippen LogP contribution is 2.21. The Morgan fingerprint density at radius 1 is 1.44 bits per heavy atom. The molecule has 2 rings (SSSR count). The number of benzene rings is 1. The van der Waals surface area contributed by atoms with Gasteiger partial charge in [0.2, 0.25) is 0 Å². The van der Waals surface area contributed by atoms with E-state index in [0.717, 1.165) is 16.6 Å². The van der Waals surface area contributed by atoms with Crippen molar-refractivity contribution in [1.29, 1.82) is 0 Å². The van der Waals surface area contributed by atoms with Crippen LogP contribution in [-0.2, 0) is 4.74 Å². The van der Waals surface area contributed by atoms with Gasteiger partial charge in [0.25, 0.3) is 0 Å². The van der Waals surface area contributed by atoms with Gasteiger partial charge in [-0.1, -0.05) is 34.1 Å². The Bertz CT molecular complexity index is 445. The van der Waals surface area contributed by atoms with E-state index in [2.05, 4.69) is 34.7 Å². The number of nitrogens with zero attached hydrogens (tertiary/aromatic N) is 1. The van der Waals surface area contributed by atoms with Gasteiger partial charge in [-0.3, -0.25) is 9.69 Å². The topological polar surface area (TPSA) is 29.5 Å². The van der Waals surface area contributed by atoms with Gasteiger partial charge in [-0.2, -0.15) is 0 Å². The van der Waals surface area contributed by atoms with Gasteiger partial charge in [0.1, 0.15) is 0 Å². The molecule has 1 aromatic rings. The van der Waals surface area contributed by atoms with Crippen molar-refractivity contribution in [1.82, 2.24) is 4.90 Å². The van der Waals surface area contributed by atoms with Crippen LogP contribution < -0.4 is 0 Å². The van der Waals surface area contributed by atoms with Crippen LogP contribution in [0.4, 0.5) is 0 Å². The summed E-state index contributed by atoms with van der Waals surface area (Å²) in [5.74, 6) is 0.150. The molecule has 1 aliphatic heterocycles. The molecular weight excluding hydrogens is 294 g/mol. The van der Waals surface area contributed by atoms with E-state index in [1.165, 1.54) is 0 Å². The standard InChI is InChI=1S/C14H18BrNO2/c1-14(2)10-18-8-7-16(14)9-13(17)11-5-3-4-6-12(11)15/h3-6H,7-10H2,1-2H3. The van der Waals surface area contributed by atoms with E-state index < -0.39 is 0 Å². The maximum Gasteiger partial charge on any atom is 0.177 e. The molecular formula is C14H18BrNO2. The molecule has 0 atom stereocenters. The molecule has 0 N–H and O–H groups in total. The average molecular weight is 312 g/mol. The van der Waals surface area contributed by atoms with E-state index >= 15 is 0 Å². The molecule has 0 unspecified atom stereocenters. The molecule has 0 aromatic heterocycles. The number of ether oxygens (including phenoxy) is 1. The second kappa shape index (κ2) is 5.51. The molecule has 1 aromatic carbocycles. The van der Waals surface area contributed by atoms with Gasteiger partial charge in [0.05, 0.1) is 19.8 Å². The summed E-state index contributed by atoms with van der Waals surface area (Å²) in [6, 6.07) is 7.57. The van der Waals surface area contributed by atoms with Crippen LogP contribution in [0.25, 0.3) is 0 Å². The molecule has 0 amide bonds. The third kappa shape index (κ3) is 2.99. The van der Waals surface area contributed by atoms with E-state index in [-0.39, 0.29) is 11.3 Å². The quantitative estimate of drug-likeness (QED) is 0.804. The van der Waals surface area contributed by atoms with E-state index in [0.29, 0.717) is 19.8 Å². The highest BCUT2D eigenvalue weighted by molar-refractivity contribution is 9.10. The number of halogens is 1. The third-order valence-corrected chi connectivity index (χ3v) is 4.02. The van der Waals surface area contributed by atoms with Gasteiger partial charge < -0.3 is 4.74 Å². The Labute approximate surface area is 116 Å². The molecule has 18 heavy (non-hydrogen) atoms. The Kier molecular flexibility index (Phi) is 4.20. The maximum atomic E-state index is 12.3. The lowest BCUT2D eigenvalue weighted by Gasteiger charge is -2.41. The fraction of sp³-hybridized carbons (Fsp3) is 0.500. The van der Waals surface area contributed by atoms with Gasteiger partial charge in [-0.05, 0) is 19.9 Å². The van der Waals surface area contributed by atoms with Crippen LogP contribution in [0.5, 0.6) is 0 Å². The van der Waals surface area contributed by atoms with Gasteiger partial charge in [0.15, 0.2) is 5.78 Å². The van der Waals surface area contributed by atoms with Gasteiger partial charge in [0, 0.05) is 22.1 Å². The smallest absolute Gasteiger partial charge is 0.177 e. The summed E-state index contributed by atoms with van der Waals surface area (Å²) in [4.78, 5) is 14.5. The zero-order valence-corrected chi connectivity index (χ0v) is 12.4. The highest BCUT2D eigenvalue weighted by Gasteiger charge is 2.32. The fourth-order valence-corrected chi connectivity index (χ4v) is 2.64. The van der Waals surface area contributed by atoms with Crippen molar-refractivity contribution in [2.24, 2.45) is 0 Å². The summed E-state index contributed by atoms with van der Waals surface area (Å²) < 4.78 is 6.33. The van der Waals surface area contributed by atoms with Crippen molar-refractivity contribution < 1.29 is 9.53 Å². The van der Waals surface area contributed by atoms with Crippen LogP contribution in [-0.4, -0.2) is 42.5 Å². The fourth-order valence-electron chi connectivity index (χ4n) is 2.13. The first-order valence-corrected chi connectivity index (χ1v) is 6.90. The first kappa shape index (κ1) is 13.7. The van der Waals surface area contributed by atoms with Gasteiger partial charge in [-0.15, -0.1) is 0 Å². The predicted octanol–water partition coefficient (Wildman–Crippen LogP) is 2.74. The second-order valence-corrected chi connectivity index (χ2v) is 6.04. The minimum atomic E-state index is -0.0742. The molecule has 3 nitrogen and oxygen atoms in total. The van der Waals surface area contributed by atoms with Crippen LogP contribution in [0.3, 0.4) is 0 Å². The van der Waals surface area contributed by atoms with E-state index in [4.69, 9.17) is 4.74 Å². The lowest BCUT2D eigenvalue weighted by atomic mass is 10.0. The van der Waals surface area contributed by atoms with Crippen LogP contribution in [0.15, 0.2) is 28.7 Å². The molecule has 1 fully saturated rings. The van der Waals surface area contributed by atoms with Crippen molar-refractivity contribution in [3.05, 3.63) is 34.3 Å². The van der Waals surface area contributed by atoms with Crippen LogP contribution >= 0.6 is 15.9 Å². The van der Waals surface area contributed by atoms with Crippen molar-refractivity contribution in [3.8, 4) is 0 Å². The van der Waals surface area contributed by atoms with Crippen molar-refractivity contribution in [3.63, 3.8) is 0 Å². The zero-order chi connectivity index (χ0) is 13.2. The minimum Gasteiger partial charge on any atom is -0.378 e. The number of hydrogen-bond donors (Lipinski definition) is 0. The highest BCUT2D eigenvalue weighted by atomic mass is 79.9. The summed E-state index contributed by atoms with van der Waals surface area (Å²) in [5, 5.41) is 0. The summed E-state index contributed by atoms with van der Waals surface area (Å²) in [7, 11) is 0. The summed E-state index contributed by atoms with van der Waals surface area (Å²) in [6.07, 6.45) is 0. The van der Waals surface area contributed by atoms with Gasteiger partial charge in [-0.25, -0.2) is 0 Å². The Morgan fingerprint density at radius 3 is 2.83 bits per heavy atom. The zero-order valence-electron chi connectivity index (χ0n) is 10.8. The second-order valence-electron chi connectivity index (χ2n) is 5.19. The summed E-state index contributed by atoms with van der Waals surface area (Å²) >= 11 is 3.43. The number of Topliss-reactive ketones (excluding diaryl/α,β-unsaturated/α-hetero) is 1. The first-order valence-electron chi connectivity index (χ1n) is 6.11. The molecule has 1 heterocycles.